The molecule has 2 aliphatic rings. The summed E-state index contributed by atoms with van der Waals surface area (Å²) in [4.78, 5) is 13.3. The Morgan fingerprint density at radius 3 is 2.63 bits per heavy atom. The van der Waals surface area contributed by atoms with Crippen LogP contribution in [0, 0.1) is 11.3 Å². The van der Waals surface area contributed by atoms with Crippen molar-refractivity contribution in [1.82, 2.24) is 10.2 Å². The Bertz CT molecular complexity index is 1170. The monoisotopic (exact) mass is 355 g/mol. The van der Waals surface area contributed by atoms with Crippen LogP contribution in [0.5, 0.6) is 5.75 Å². The SMILES string of the molecule is N#CC1=C(N)Oc2ccccc2[C@]12C(=O)Nc1n[nH]c(-c3ccccc3)c12. The predicted octanol–water partition coefficient (Wildman–Crippen LogP) is 2.40. The fourth-order valence-corrected chi connectivity index (χ4v) is 3.91. The molecule has 27 heavy (non-hydrogen) atoms. The first-order chi connectivity index (χ1) is 13.2. The van der Waals surface area contributed by atoms with Gasteiger partial charge in [0.2, 0.25) is 11.8 Å². The van der Waals surface area contributed by atoms with Gasteiger partial charge in [-0.2, -0.15) is 10.4 Å². The molecule has 0 bridgehead atoms. The number of aromatic nitrogens is 2. The highest BCUT2D eigenvalue weighted by Gasteiger charge is 2.58. The largest absolute Gasteiger partial charge is 0.440 e. The van der Waals surface area contributed by atoms with Crippen LogP contribution in [0.3, 0.4) is 0 Å². The summed E-state index contributed by atoms with van der Waals surface area (Å²) >= 11 is 0. The van der Waals surface area contributed by atoms with E-state index in [4.69, 9.17) is 10.5 Å². The minimum Gasteiger partial charge on any atom is -0.440 e. The molecule has 2 aromatic carbocycles. The molecule has 7 nitrogen and oxygen atoms in total. The highest BCUT2D eigenvalue weighted by Crippen LogP contribution is 2.55. The third-order valence-electron chi connectivity index (χ3n) is 5.02. The van der Waals surface area contributed by atoms with Crippen LogP contribution in [0.15, 0.2) is 66.1 Å². The van der Waals surface area contributed by atoms with E-state index in [0.717, 1.165) is 5.56 Å². The molecule has 1 amide bonds. The first-order valence-electron chi connectivity index (χ1n) is 8.31. The molecule has 0 fully saturated rings. The van der Waals surface area contributed by atoms with Crippen LogP contribution in [0.25, 0.3) is 11.3 Å². The number of hydrogen-bond donors (Lipinski definition) is 3. The number of carbonyl (C=O) groups is 1. The van der Waals surface area contributed by atoms with Gasteiger partial charge in [0.05, 0.1) is 5.69 Å². The van der Waals surface area contributed by atoms with Crippen molar-refractivity contribution in [2.24, 2.45) is 5.73 Å². The molecule has 4 N–H and O–H groups in total. The first kappa shape index (κ1) is 15.2. The van der Waals surface area contributed by atoms with Crippen molar-refractivity contribution in [3.05, 3.63) is 77.2 Å². The van der Waals surface area contributed by atoms with Crippen LogP contribution in [0.4, 0.5) is 5.82 Å². The number of ether oxygens (including phenoxy) is 1. The van der Waals surface area contributed by atoms with Crippen molar-refractivity contribution in [3.8, 4) is 23.1 Å². The summed E-state index contributed by atoms with van der Waals surface area (Å²) in [5, 5.41) is 19.9. The van der Waals surface area contributed by atoms with E-state index in [9.17, 15) is 10.1 Å². The van der Waals surface area contributed by atoms with Crippen molar-refractivity contribution in [2.45, 2.75) is 5.41 Å². The smallest absolute Gasteiger partial charge is 0.246 e. The Hall–Kier alpha value is -4.05. The quantitative estimate of drug-likeness (QED) is 0.620. The van der Waals surface area contributed by atoms with E-state index in [1.807, 2.05) is 30.3 Å². The predicted molar refractivity (Wildman–Crippen MR) is 97.3 cm³/mol. The summed E-state index contributed by atoms with van der Waals surface area (Å²) in [5.41, 5.74) is 7.34. The fraction of sp³-hybridized carbons (Fsp3) is 0.0500. The van der Waals surface area contributed by atoms with Gasteiger partial charge < -0.3 is 15.8 Å². The molecule has 0 aliphatic carbocycles. The zero-order valence-electron chi connectivity index (χ0n) is 14.0. The zero-order chi connectivity index (χ0) is 18.6. The number of fused-ring (bicyclic) bond motifs is 4. The number of amides is 1. The Labute approximate surface area is 154 Å². The van der Waals surface area contributed by atoms with Crippen molar-refractivity contribution >= 4 is 11.7 Å². The zero-order valence-corrected chi connectivity index (χ0v) is 14.0. The van der Waals surface area contributed by atoms with Crippen molar-refractivity contribution in [1.29, 1.82) is 5.26 Å². The summed E-state index contributed by atoms with van der Waals surface area (Å²) < 4.78 is 5.63. The Morgan fingerprint density at radius 1 is 1.11 bits per heavy atom. The van der Waals surface area contributed by atoms with Gasteiger partial charge in [-0.25, -0.2) is 0 Å². The summed E-state index contributed by atoms with van der Waals surface area (Å²) in [6, 6.07) is 18.7. The number of nitriles is 1. The summed E-state index contributed by atoms with van der Waals surface area (Å²) in [6.07, 6.45) is 0. The van der Waals surface area contributed by atoms with E-state index < -0.39 is 5.41 Å². The second-order valence-corrected chi connectivity index (χ2v) is 6.34. The highest BCUT2D eigenvalue weighted by molar-refractivity contribution is 6.13. The molecule has 2 aliphatic heterocycles. The number of anilines is 1. The number of rotatable bonds is 1. The number of nitrogens with zero attached hydrogens (tertiary/aromatic N) is 2. The number of carbonyl (C=O) groups excluding carboxylic acids is 1. The standard InChI is InChI=1S/C20H13N5O2/c21-10-13-17(22)27-14-9-5-4-8-12(14)20(13)15-16(11-6-2-1-3-7-11)24-25-18(15)23-19(20)26/h1-9H,22H2,(H2,23,24,25,26)/t20-/m0/s1. The van der Waals surface area contributed by atoms with Gasteiger partial charge in [0.15, 0.2) is 5.82 Å². The number of benzene rings is 2. The first-order valence-corrected chi connectivity index (χ1v) is 8.31. The van der Waals surface area contributed by atoms with Gasteiger partial charge >= 0.3 is 0 Å². The number of nitrogens with two attached hydrogens (primary N) is 1. The minimum atomic E-state index is -1.42. The maximum atomic E-state index is 13.3. The van der Waals surface area contributed by atoms with Crippen molar-refractivity contribution in [3.63, 3.8) is 0 Å². The molecule has 1 spiro atoms. The van der Waals surface area contributed by atoms with Gasteiger partial charge in [-0.15, -0.1) is 0 Å². The van der Waals surface area contributed by atoms with Gasteiger partial charge in [-0.05, 0) is 11.6 Å². The summed E-state index contributed by atoms with van der Waals surface area (Å²) in [7, 11) is 0. The molecule has 0 saturated heterocycles. The van der Waals surface area contributed by atoms with Gasteiger partial charge in [-0.3, -0.25) is 9.89 Å². The molecular weight excluding hydrogens is 342 g/mol. The van der Waals surface area contributed by atoms with E-state index >= 15 is 0 Å². The third kappa shape index (κ3) is 1.79. The maximum Gasteiger partial charge on any atom is 0.246 e. The summed E-state index contributed by atoms with van der Waals surface area (Å²) in [5.74, 6) is 0.370. The van der Waals surface area contributed by atoms with E-state index in [1.54, 1.807) is 24.3 Å². The summed E-state index contributed by atoms with van der Waals surface area (Å²) in [6.45, 7) is 0. The molecular formula is C20H13N5O2. The Morgan fingerprint density at radius 2 is 1.85 bits per heavy atom. The molecule has 0 radical (unpaired) electrons. The normalized spacial score (nSPS) is 19.9. The van der Waals surface area contributed by atoms with Crippen LogP contribution in [-0.2, 0) is 10.2 Å². The number of H-pyrrole nitrogens is 1. The van der Waals surface area contributed by atoms with Crippen LogP contribution in [-0.4, -0.2) is 16.1 Å². The van der Waals surface area contributed by atoms with E-state index in [-0.39, 0.29) is 17.4 Å². The number of hydrogen-bond acceptors (Lipinski definition) is 5. The average Bonchev–Trinajstić information content (AvgIpc) is 3.22. The Kier molecular flexibility index (Phi) is 2.94. The molecule has 0 unspecified atom stereocenters. The lowest BCUT2D eigenvalue weighted by Crippen LogP contribution is -2.42. The number of para-hydroxylation sites is 1. The average molecular weight is 355 g/mol. The van der Waals surface area contributed by atoms with Crippen molar-refractivity contribution in [2.75, 3.05) is 5.32 Å². The molecule has 0 saturated carbocycles. The molecule has 1 aromatic heterocycles. The van der Waals surface area contributed by atoms with Gasteiger partial charge in [0, 0.05) is 11.1 Å². The van der Waals surface area contributed by atoms with E-state index in [0.29, 0.717) is 28.4 Å². The fourth-order valence-electron chi connectivity index (χ4n) is 3.91. The van der Waals surface area contributed by atoms with Crippen LogP contribution in [0.2, 0.25) is 0 Å². The molecule has 7 heteroatoms. The van der Waals surface area contributed by atoms with Crippen molar-refractivity contribution < 1.29 is 9.53 Å². The highest BCUT2D eigenvalue weighted by atomic mass is 16.5. The second-order valence-electron chi connectivity index (χ2n) is 6.34. The maximum absolute atomic E-state index is 13.3. The van der Waals surface area contributed by atoms with E-state index in [2.05, 4.69) is 21.6 Å². The lowest BCUT2D eigenvalue weighted by molar-refractivity contribution is -0.118. The van der Waals surface area contributed by atoms with Crippen LogP contribution in [0.1, 0.15) is 11.1 Å². The van der Waals surface area contributed by atoms with Crippen LogP contribution < -0.4 is 15.8 Å². The van der Waals surface area contributed by atoms with Gasteiger partial charge in [0.25, 0.3) is 0 Å². The second kappa shape index (κ2) is 5.22. The minimum absolute atomic E-state index is 0.0519. The Balaban J connectivity index is 1.91. The van der Waals surface area contributed by atoms with Crippen LogP contribution >= 0.6 is 0 Å². The lowest BCUT2D eigenvalue weighted by Gasteiger charge is -2.33. The molecule has 3 heterocycles. The topological polar surface area (TPSA) is 117 Å². The molecule has 3 aromatic rings. The number of nitrogens with one attached hydrogen (secondary N) is 2. The molecule has 130 valence electrons. The number of aromatic amines is 1. The van der Waals surface area contributed by atoms with E-state index in [1.165, 1.54) is 0 Å². The molecule has 5 rings (SSSR count). The van der Waals surface area contributed by atoms with Gasteiger partial charge in [0.1, 0.15) is 22.8 Å². The molecule has 1 atom stereocenters. The third-order valence-corrected chi connectivity index (χ3v) is 5.02. The lowest BCUT2D eigenvalue weighted by atomic mass is 9.68. The van der Waals surface area contributed by atoms with Gasteiger partial charge in [-0.1, -0.05) is 48.5 Å².